The molecular formula is C33H39MoN3O15-6. The summed E-state index contributed by atoms with van der Waals surface area (Å²) in [5.74, 6) is -13.4. The molecule has 0 aromatic rings. The second kappa shape index (κ2) is 34.6. The van der Waals surface area contributed by atoms with Crippen molar-refractivity contribution in [2.45, 2.75) is 116 Å². The zero-order chi connectivity index (χ0) is 42.2. The van der Waals surface area contributed by atoms with Crippen molar-refractivity contribution < 1.29 is 94.4 Å². The van der Waals surface area contributed by atoms with Gasteiger partial charge in [0.05, 0.1) is 35.7 Å². The molecule has 0 aromatic carbocycles. The van der Waals surface area contributed by atoms with Crippen LogP contribution in [0.5, 0.6) is 0 Å². The molecule has 0 rings (SSSR count). The normalized spacial score (nSPS) is 14.0. The molecule has 6 unspecified atom stereocenters. The molecule has 0 saturated heterocycles. The number of carbonyl (C=O) groups is 6. The Kier molecular flexibility index (Phi) is 41.5. The number of carboxylic acids is 6. The van der Waals surface area contributed by atoms with Crippen molar-refractivity contribution in [3.8, 4) is 0 Å². The number of rotatable bonds is 18. The molecular weight excluding hydrogens is 774 g/mol. The third-order valence-electron chi connectivity index (χ3n) is 7.36. The molecule has 0 radical (unpaired) electrons. The molecule has 0 spiro atoms. The fourth-order valence-electron chi connectivity index (χ4n) is 5.04. The summed E-state index contributed by atoms with van der Waals surface area (Å²) in [5, 5.41) is 65.1. The molecule has 0 fully saturated rings. The van der Waals surface area contributed by atoms with Crippen molar-refractivity contribution in [1.29, 1.82) is 0 Å². The van der Waals surface area contributed by atoms with Gasteiger partial charge in [-0.15, -0.1) is 0 Å². The summed E-state index contributed by atoms with van der Waals surface area (Å²) in [6.45, 7) is 43.7. The Morgan fingerprint density at radius 2 is 0.615 bits per heavy atom. The van der Waals surface area contributed by atoms with Crippen LogP contribution in [0.2, 0.25) is 0 Å². The first-order chi connectivity index (χ1) is 23.9. The standard InChI is InChI=1S/3C10H15NO4.3CO.Mo/c3*1-4-6-10(11-3,9(14)15)7(5-2)8(12)13;3*1-2;/h3*7H,4-6H2,1-2H3,(H,12,13)(H,14,15);;;;/p-6. The van der Waals surface area contributed by atoms with Gasteiger partial charge in [-0.3, -0.25) is 0 Å². The number of nitrogens with zero attached hydrogens (tertiary/aromatic N) is 3. The van der Waals surface area contributed by atoms with Crippen molar-refractivity contribution in [2.24, 2.45) is 17.8 Å². The Balaban J connectivity index is -0.000000108. The zero-order valence-corrected chi connectivity index (χ0v) is 31.5. The second-order valence-corrected chi connectivity index (χ2v) is 10.1. The molecule has 0 amide bonds. The van der Waals surface area contributed by atoms with E-state index in [1.807, 2.05) is 0 Å². The van der Waals surface area contributed by atoms with E-state index in [0.717, 1.165) is 0 Å². The van der Waals surface area contributed by atoms with Crippen LogP contribution in [-0.4, -0.2) is 52.4 Å². The molecule has 0 aliphatic heterocycles. The minimum atomic E-state index is -1.98. The molecule has 0 bridgehead atoms. The smallest absolute Gasteiger partial charge is 0 e. The summed E-state index contributed by atoms with van der Waals surface area (Å²) >= 11 is 0. The van der Waals surface area contributed by atoms with Crippen molar-refractivity contribution >= 4 is 35.8 Å². The summed E-state index contributed by atoms with van der Waals surface area (Å²) in [5.41, 5.74) is -5.95. The van der Waals surface area contributed by atoms with Gasteiger partial charge in [0, 0.05) is 40.3 Å². The van der Waals surface area contributed by atoms with Gasteiger partial charge in [0.15, 0.2) is 0 Å². The van der Waals surface area contributed by atoms with Crippen molar-refractivity contribution in [1.82, 2.24) is 0 Å². The molecule has 19 heteroatoms. The molecule has 0 heterocycles. The molecule has 0 aliphatic carbocycles. The van der Waals surface area contributed by atoms with Crippen LogP contribution in [0.25, 0.3) is 14.5 Å². The predicted molar refractivity (Wildman–Crippen MR) is 156 cm³/mol. The van der Waals surface area contributed by atoms with E-state index in [2.05, 4.69) is 34.5 Å². The summed E-state index contributed by atoms with van der Waals surface area (Å²) < 4.78 is 22.5. The second-order valence-electron chi connectivity index (χ2n) is 10.1. The van der Waals surface area contributed by atoms with E-state index in [1.165, 1.54) is 20.8 Å². The first-order valence-corrected chi connectivity index (χ1v) is 14.9. The van der Waals surface area contributed by atoms with Crippen molar-refractivity contribution in [3.05, 3.63) is 54.2 Å². The number of hydrogen-bond donors (Lipinski definition) is 0. The molecule has 0 N–H and O–H groups in total. The van der Waals surface area contributed by atoms with Gasteiger partial charge in [0.25, 0.3) is 16.6 Å². The Morgan fingerprint density at radius 3 is 0.673 bits per heavy atom. The largest absolute Gasteiger partial charge is 0 e. The first-order valence-electron chi connectivity index (χ1n) is 14.9. The van der Waals surface area contributed by atoms with Gasteiger partial charge in [-0.1, -0.05) is 41.5 Å². The van der Waals surface area contributed by atoms with E-state index >= 15 is 0 Å². The Labute approximate surface area is 317 Å². The van der Waals surface area contributed by atoms with Crippen LogP contribution in [0.4, 0.5) is 0 Å². The van der Waals surface area contributed by atoms with Gasteiger partial charge >= 0.3 is 33.9 Å². The maximum atomic E-state index is 10.9. The summed E-state index contributed by atoms with van der Waals surface area (Å²) in [6, 6.07) is 0. The molecule has 0 aliphatic rings. The van der Waals surface area contributed by atoms with Crippen LogP contribution in [0.15, 0.2) is 0 Å². The van der Waals surface area contributed by atoms with Gasteiger partial charge < -0.3 is 73.9 Å². The first kappa shape index (κ1) is 62.3. The average molecular weight is 814 g/mol. The fourth-order valence-corrected chi connectivity index (χ4v) is 5.04. The maximum absolute atomic E-state index is 10.9. The number of carboxylic acid groups (broad SMARTS) is 6. The topological polar surface area (TPSA) is 314 Å². The third-order valence-corrected chi connectivity index (χ3v) is 7.36. The summed E-state index contributed by atoms with van der Waals surface area (Å²) in [6.07, 6.45) is 1.22. The molecule has 6 atom stereocenters. The van der Waals surface area contributed by atoms with Gasteiger partial charge in [-0.2, -0.15) is 0 Å². The third kappa shape index (κ3) is 17.9. The van der Waals surface area contributed by atoms with Gasteiger partial charge in [-0.25, -0.2) is 19.7 Å². The monoisotopic (exact) mass is 815 g/mol. The van der Waals surface area contributed by atoms with Gasteiger partial charge in [0.1, 0.15) is 17.9 Å². The summed E-state index contributed by atoms with van der Waals surface area (Å²) in [7, 11) is 0. The molecule has 52 heavy (non-hydrogen) atoms. The Hall–Kier alpha value is -4.80. The van der Waals surface area contributed by atoms with Crippen LogP contribution < -0.4 is 30.6 Å². The number of aliphatic carboxylic acids is 6. The van der Waals surface area contributed by atoms with Crippen LogP contribution in [0, 0.1) is 57.4 Å². The molecule has 18 nitrogen and oxygen atoms in total. The predicted octanol–water partition coefficient (Wildman–Crippen LogP) is -3.20. The van der Waals surface area contributed by atoms with E-state index in [1.54, 1.807) is 20.8 Å². The molecule has 0 aromatic heterocycles. The Bertz CT molecular complexity index is 1160. The average Bonchev–Trinajstić information content (AvgIpc) is 3.10. The van der Waals surface area contributed by atoms with Crippen LogP contribution in [0.3, 0.4) is 0 Å². The SMILES string of the molecule is [C-]#[N+]C(CCC)(C(=O)[O-])C(CC)C(=O)[O-].[C-]#[N+]C(CCC)(C(=O)[O-])C(CC)C(=O)[O-].[C-]#[N+]C(CCC)(C(=O)[O-])C(CC)C(=O)[O-].[C-]#[O+].[C-]#[O+].[C-]#[O+].[Mo]. The summed E-state index contributed by atoms with van der Waals surface area (Å²) in [4.78, 5) is 74.0. The molecule has 0 saturated carbocycles. The fraction of sp³-hybridized carbons (Fsp3) is 0.636. The van der Waals surface area contributed by atoms with Crippen LogP contribution in [-0.2, 0) is 63.8 Å². The zero-order valence-electron chi connectivity index (χ0n) is 29.5. The van der Waals surface area contributed by atoms with Gasteiger partial charge in [-0.05, 0) is 38.5 Å². The van der Waals surface area contributed by atoms with Crippen LogP contribution in [0.1, 0.15) is 99.3 Å². The van der Waals surface area contributed by atoms with Crippen molar-refractivity contribution in [2.75, 3.05) is 0 Å². The maximum Gasteiger partial charge on any atom is 0 e. The quantitative estimate of drug-likeness (QED) is 0.0751. The van der Waals surface area contributed by atoms with E-state index in [4.69, 9.17) is 33.7 Å². The van der Waals surface area contributed by atoms with E-state index in [9.17, 15) is 59.4 Å². The van der Waals surface area contributed by atoms with Crippen molar-refractivity contribution in [3.63, 3.8) is 0 Å². The Morgan fingerprint density at radius 1 is 0.462 bits per heavy atom. The van der Waals surface area contributed by atoms with Gasteiger partial charge in [0.2, 0.25) is 0 Å². The number of hydrogen-bond acceptors (Lipinski definition) is 12. The van der Waals surface area contributed by atoms with Crippen LogP contribution >= 0.6 is 0 Å². The van der Waals surface area contributed by atoms with E-state index < -0.39 is 70.2 Å². The number of carbonyl (C=O) groups excluding carboxylic acids is 6. The van der Waals surface area contributed by atoms with E-state index in [0.29, 0.717) is 19.3 Å². The van der Waals surface area contributed by atoms with E-state index in [-0.39, 0.29) is 59.6 Å². The minimum absolute atomic E-state index is 0. The molecule has 288 valence electrons. The minimum Gasteiger partial charge on any atom is 0 e.